The fourth-order valence-corrected chi connectivity index (χ4v) is 1.65. The van der Waals surface area contributed by atoms with Gasteiger partial charge in [0.2, 0.25) is 0 Å². The van der Waals surface area contributed by atoms with Crippen molar-refractivity contribution in [1.82, 2.24) is 0 Å². The minimum atomic E-state index is -0.759. The van der Waals surface area contributed by atoms with E-state index < -0.39 is 36.2 Å². The Bertz CT molecular complexity index is 338. The lowest BCUT2D eigenvalue weighted by Gasteiger charge is -2.21. The molecule has 3 atom stereocenters. The van der Waals surface area contributed by atoms with Crippen LogP contribution in [0.2, 0.25) is 0 Å². The first kappa shape index (κ1) is 14.4. The molecule has 0 bridgehead atoms. The van der Waals surface area contributed by atoms with Gasteiger partial charge in [0.25, 0.3) is 0 Å². The first-order valence-electron chi connectivity index (χ1n) is 5.49. The van der Waals surface area contributed by atoms with E-state index in [4.69, 9.17) is 18.9 Å². The summed E-state index contributed by atoms with van der Waals surface area (Å²) >= 11 is 0. The van der Waals surface area contributed by atoms with Gasteiger partial charge in [-0.3, -0.25) is 14.4 Å². The summed E-state index contributed by atoms with van der Waals surface area (Å²) in [6.45, 7) is 3.81. The Morgan fingerprint density at radius 3 is 2.17 bits per heavy atom. The van der Waals surface area contributed by atoms with Crippen molar-refractivity contribution in [2.75, 3.05) is 13.2 Å². The molecule has 7 nitrogen and oxygen atoms in total. The molecule has 18 heavy (non-hydrogen) atoms. The monoisotopic (exact) mass is 260 g/mol. The fourth-order valence-electron chi connectivity index (χ4n) is 1.65. The molecule has 0 amide bonds. The Kier molecular flexibility index (Phi) is 5.08. The molecule has 0 saturated carbocycles. The van der Waals surface area contributed by atoms with Crippen LogP contribution in [-0.2, 0) is 33.3 Å². The second-order valence-corrected chi connectivity index (χ2v) is 3.90. The highest BCUT2D eigenvalue weighted by atomic mass is 16.6. The van der Waals surface area contributed by atoms with Crippen LogP contribution in [0.25, 0.3) is 0 Å². The summed E-state index contributed by atoms with van der Waals surface area (Å²) in [5.41, 5.74) is 0. The number of rotatable bonds is 4. The number of carbonyl (C=O) groups is 3. The zero-order chi connectivity index (χ0) is 13.7. The van der Waals surface area contributed by atoms with Gasteiger partial charge < -0.3 is 18.9 Å². The van der Waals surface area contributed by atoms with Crippen molar-refractivity contribution < 1.29 is 33.3 Å². The first-order chi connectivity index (χ1) is 8.40. The SMILES string of the molecule is CC(=O)OC[C@H]1OC[C@H](OC(C)=O)[C@H]1OC(C)=O. The number of carbonyl (C=O) groups excluding carboxylic acids is 3. The fraction of sp³-hybridized carbons (Fsp3) is 0.727. The third-order valence-corrected chi connectivity index (χ3v) is 2.28. The Morgan fingerprint density at radius 2 is 1.67 bits per heavy atom. The van der Waals surface area contributed by atoms with E-state index in [9.17, 15) is 14.4 Å². The van der Waals surface area contributed by atoms with Gasteiger partial charge >= 0.3 is 17.9 Å². The molecular weight excluding hydrogens is 244 g/mol. The summed E-state index contributed by atoms with van der Waals surface area (Å²) < 4.78 is 20.1. The second-order valence-electron chi connectivity index (χ2n) is 3.90. The molecule has 0 unspecified atom stereocenters. The lowest BCUT2D eigenvalue weighted by molar-refractivity contribution is -0.165. The quantitative estimate of drug-likeness (QED) is 0.511. The van der Waals surface area contributed by atoms with Gasteiger partial charge in [-0.05, 0) is 0 Å². The molecule has 1 fully saturated rings. The van der Waals surface area contributed by atoms with Crippen molar-refractivity contribution in [3.05, 3.63) is 0 Å². The van der Waals surface area contributed by atoms with E-state index >= 15 is 0 Å². The number of esters is 3. The summed E-state index contributed by atoms with van der Waals surface area (Å²) in [4.78, 5) is 32.6. The lowest BCUT2D eigenvalue weighted by Crippen LogP contribution is -2.39. The van der Waals surface area contributed by atoms with Crippen LogP contribution in [0.15, 0.2) is 0 Å². The summed E-state index contributed by atoms with van der Waals surface area (Å²) in [6, 6.07) is 0. The van der Waals surface area contributed by atoms with E-state index in [1.807, 2.05) is 0 Å². The normalized spacial score (nSPS) is 26.5. The molecule has 0 spiro atoms. The molecule has 0 aliphatic carbocycles. The van der Waals surface area contributed by atoms with Crippen molar-refractivity contribution in [1.29, 1.82) is 0 Å². The zero-order valence-corrected chi connectivity index (χ0v) is 10.5. The van der Waals surface area contributed by atoms with Crippen molar-refractivity contribution in [3.8, 4) is 0 Å². The smallest absolute Gasteiger partial charge is 0.303 e. The maximum absolute atomic E-state index is 11.0. The second kappa shape index (κ2) is 6.34. The molecule has 0 aromatic rings. The van der Waals surface area contributed by atoms with E-state index in [0.717, 1.165) is 0 Å². The average molecular weight is 260 g/mol. The van der Waals surface area contributed by atoms with Crippen LogP contribution in [-0.4, -0.2) is 49.4 Å². The summed E-state index contributed by atoms with van der Waals surface area (Å²) in [5, 5.41) is 0. The molecule has 1 saturated heterocycles. The predicted octanol–water partition coefficient (Wildman–Crippen LogP) is -0.188. The van der Waals surface area contributed by atoms with Crippen LogP contribution in [0, 0.1) is 0 Å². The lowest BCUT2D eigenvalue weighted by atomic mass is 10.1. The maximum Gasteiger partial charge on any atom is 0.303 e. The standard InChI is InChI=1S/C11H16O7/c1-6(12)15-4-9-11(18-8(3)14)10(5-16-9)17-7(2)13/h9-11H,4-5H2,1-3H3/t9-,10+,11+/m1/s1. The molecule has 102 valence electrons. The van der Waals surface area contributed by atoms with Crippen LogP contribution < -0.4 is 0 Å². The first-order valence-corrected chi connectivity index (χ1v) is 5.49. The predicted molar refractivity (Wildman–Crippen MR) is 57.5 cm³/mol. The molecule has 1 aliphatic heterocycles. The average Bonchev–Trinajstić information content (AvgIpc) is 2.57. The van der Waals surface area contributed by atoms with Crippen LogP contribution >= 0.6 is 0 Å². The van der Waals surface area contributed by atoms with Crippen LogP contribution in [0.1, 0.15) is 20.8 Å². The molecule has 0 aromatic heterocycles. The van der Waals surface area contributed by atoms with Gasteiger partial charge in [0.15, 0.2) is 12.2 Å². The van der Waals surface area contributed by atoms with Crippen molar-refractivity contribution in [2.24, 2.45) is 0 Å². The van der Waals surface area contributed by atoms with Gasteiger partial charge in [0.05, 0.1) is 6.61 Å². The van der Waals surface area contributed by atoms with Gasteiger partial charge in [-0.15, -0.1) is 0 Å². The molecular formula is C11H16O7. The molecule has 1 heterocycles. The van der Waals surface area contributed by atoms with Crippen LogP contribution in [0.4, 0.5) is 0 Å². The molecule has 0 aromatic carbocycles. The summed E-state index contributed by atoms with van der Waals surface area (Å²) in [6.07, 6.45) is -2.06. The van der Waals surface area contributed by atoms with Gasteiger partial charge in [0, 0.05) is 20.8 Å². The van der Waals surface area contributed by atoms with Gasteiger partial charge in [-0.2, -0.15) is 0 Å². The summed E-state index contributed by atoms with van der Waals surface area (Å²) in [5.74, 6) is -1.47. The molecule has 1 aliphatic rings. The van der Waals surface area contributed by atoms with Crippen molar-refractivity contribution in [3.63, 3.8) is 0 Å². The molecule has 1 rings (SSSR count). The van der Waals surface area contributed by atoms with E-state index in [-0.39, 0.29) is 13.2 Å². The zero-order valence-electron chi connectivity index (χ0n) is 10.5. The Balaban J connectivity index is 2.63. The number of hydrogen-bond acceptors (Lipinski definition) is 7. The van der Waals surface area contributed by atoms with Gasteiger partial charge in [-0.1, -0.05) is 0 Å². The van der Waals surface area contributed by atoms with Crippen LogP contribution in [0.3, 0.4) is 0 Å². The summed E-state index contributed by atoms with van der Waals surface area (Å²) in [7, 11) is 0. The topological polar surface area (TPSA) is 88.1 Å². The molecule has 0 N–H and O–H groups in total. The van der Waals surface area contributed by atoms with E-state index in [0.29, 0.717) is 0 Å². The number of ether oxygens (including phenoxy) is 4. The van der Waals surface area contributed by atoms with Crippen molar-refractivity contribution >= 4 is 17.9 Å². The van der Waals surface area contributed by atoms with E-state index in [1.54, 1.807) is 0 Å². The van der Waals surface area contributed by atoms with Crippen LogP contribution in [0.5, 0.6) is 0 Å². The minimum Gasteiger partial charge on any atom is -0.463 e. The largest absolute Gasteiger partial charge is 0.463 e. The Hall–Kier alpha value is -1.63. The number of hydrogen-bond donors (Lipinski definition) is 0. The molecule has 7 heteroatoms. The Labute approximate surface area is 104 Å². The highest BCUT2D eigenvalue weighted by Crippen LogP contribution is 2.21. The van der Waals surface area contributed by atoms with Gasteiger partial charge in [-0.25, -0.2) is 0 Å². The highest BCUT2D eigenvalue weighted by molar-refractivity contribution is 5.67. The minimum absolute atomic E-state index is 0.0506. The third-order valence-electron chi connectivity index (χ3n) is 2.28. The van der Waals surface area contributed by atoms with Crippen molar-refractivity contribution in [2.45, 2.75) is 39.1 Å². The van der Waals surface area contributed by atoms with E-state index in [2.05, 4.69) is 0 Å². The Morgan fingerprint density at radius 1 is 1.06 bits per heavy atom. The third kappa shape index (κ3) is 4.33. The maximum atomic E-state index is 11.0. The molecule has 0 radical (unpaired) electrons. The van der Waals surface area contributed by atoms with E-state index in [1.165, 1.54) is 20.8 Å². The highest BCUT2D eigenvalue weighted by Gasteiger charge is 2.42. The van der Waals surface area contributed by atoms with Gasteiger partial charge in [0.1, 0.15) is 12.7 Å².